The van der Waals surface area contributed by atoms with Gasteiger partial charge in [-0.15, -0.1) is 0 Å². The largest absolute Gasteiger partial charge is 0.494 e. The number of amides is 1. The van der Waals surface area contributed by atoms with Gasteiger partial charge in [-0.2, -0.15) is 5.10 Å². The zero-order chi connectivity index (χ0) is 18.4. The number of carbonyl (C=O) groups excluding carboxylic acids is 1. The van der Waals surface area contributed by atoms with Gasteiger partial charge in [0.25, 0.3) is 11.6 Å². The second-order valence-corrected chi connectivity index (χ2v) is 4.96. The molecule has 1 heterocycles. The van der Waals surface area contributed by atoms with Crippen molar-refractivity contribution in [3.8, 4) is 5.75 Å². The molecular weight excluding hydrogens is 332 g/mol. The van der Waals surface area contributed by atoms with Crippen LogP contribution in [0.4, 0.5) is 11.4 Å². The smallest absolute Gasteiger partial charge is 0.305 e. The van der Waals surface area contributed by atoms with Crippen molar-refractivity contribution in [3.63, 3.8) is 0 Å². The summed E-state index contributed by atoms with van der Waals surface area (Å²) < 4.78 is 6.53. The molecule has 1 amide bonds. The van der Waals surface area contributed by atoms with E-state index >= 15 is 0 Å². The molecule has 0 aliphatic carbocycles. The van der Waals surface area contributed by atoms with Gasteiger partial charge in [-0.1, -0.05) is 0 Å². The number of rotatable bonds is 8. The number of ether oxygens (including phenoxy) is 1. The van der Waals surface area contributed by atoms with Gasteiger partial charge in [-0.3, -0.25) is 24.4 Å². The number of aliphatic carboxylic acids is 1. The van der Waals surface area contributed by atoms with Gasteiger partial charge >= 0.3 is 5.97 Å². The molecule has 0 aliphatic rings. The number of nitro groups is 1. The normalized spacial score (nSPS) is 10.3. The molecule has 0 saturated heterocycles. The van der Waals surface area contributed by atoms with Gasteiger partial charge in [0.2, 0.25) is 0 Å². The minimum Gasteiger partial charge on any atom is -0.494 e. The number of benzene rings is 1. The van der Waals surface area contributed by atoms with Crippen molar-refractivity contribution < 1.29 is 24.4 Å². The number of hydrogen-bond acceptors (Lipinski definition) is 6. The molecule has 0 aliphatic heterocycles. The minimum atomic E-state index is -0.980. The molecule has 10 heteroatoms. The Labute approximate surface area is 142 Å². The molecule has 2 N–H and O–H groups in total. The minimum absolute atomic E-state index is 0.0248. The Balaban J connectivity index is 2.14. The van der Waals surface area contributed by atoms with Gasteiger partial charge < -0.3 is 15.2 Å². The first kappa shape index (κ1) is 17.9. The fourth-order valence-corrected chi connectivity index (χ4v) is 2.03. The Morgan fingerprint density at radius 1 is 1.44 bits per heavy atom. The number of nitrogens with one attached hydrogen (secondary N) is 1. The zero-order valence-electron chi connectivity index (χ0n) is 13.3. The van der Waals surface area contributed by atoms with E-state index in [0.29, 0.717) is 12.4 Å². The highest BCUT2D eigenvalue weighted by Crippen LogP contribution is 2.29. The van der Waals surface area contributed by atoms with Crippen molar-refractivity contribution in [2.75, 3.05) is 11.9 Å². The summed E-state index contributed by atoms with van der Waals surface area (Å²) in [4.78, 5) is 33.3. The molecule has 2 rings (SSSR count). The molecule has 0 bridgehead atoms. The molecule has 25 heavy (non-hydrogen) atoms. The van der Waals surface area contributed by atoms with Crippen LogP contribution < -0.4 is 10.1 Å². The molecule has 0 saturated carbocycles. The van der Waals surface area contributed by atoms with Gasteiger partial charge in [0.1, 0.15) is 11.4 Å². The van der Waals surface area contributed by atoms with Crippen LogP contribution in [0.5, 0.6) is 5.75 Å². The van der Waals surface area contributed by atoms with Crippen LogP contribution >= 0.6 is 0 Å². The predicted octanol–water partition coefficient (Wildman–Crippen LogP) is 1.92. The van der Waals surface area contributed by atoms with Gasteiger partial charge in [0.15, 0.2) is 0 Å². The van der Waals surface area contributed by atoms with E-state index in [0.717, 1.165) is 0 Å². The average Bonchev–Trinajstić information content (AvgIpc) is 3.03. The standard InChI is InChI=1S/C15H16N4O6/c1-2-25-11-3-4-12(13(7-11)19(23)24)17-15(22)10-8-16-18(9-10)6-5-14(20)21/h3-4,7-9H,2,5-6H2,1H3,(H,17,22)(H,20,21). The van der Waals surface area contributed by atoms with Gasteiger partial charge in [-0.05, 0) is 19.1 Å². The Morgan fingerprint density at radius 3 is 2.84 bits per heavy atom. The summed E-state index contributed by atoms with van der Waals surface area (Å²) in [5, 5.41) is 26.1. The summed E-state index contributed by atoms with van der Waals surface area (Å²) in [5.41, 5.74) is -0.108. The Hall–Kier alpha value is -3.43. The number of aryl methyl sites for hydroxylation is 1. The van der Waals surface area contributed by atoms with Gasteiger partial charge in [-0.25, -0.2) is 0 Å². The molecule has 132 valence electrons. The quantitative estimate of drug-likeness (QED) is 0.549. The molecule has 1 aromatic heterocycles. The van der Waals surface area contributed by atoms with E-state index in [-0.39, 0.29) is 29.9 Å². The number of hydrogen-bond donors (Lipinski definition) is 2. The third-order valence-corrected chi connectivity index (χ3v) is 3.18. The highest BCUT2D eigenvalue weighted by atomic mass is 16.6. The molecule has 0 radical (unpaired) electrons. The first-order valence-corrected chi connectivity index (χ1v) is 7.37. The van der Waals surface area contributed by atoms with E-state index in [1.807, 2.05) is 0 Å². The summed E-state index contributed by atoms with van der Waals surface area (Å²) in [6.07, 6.45) is 2.50. The third-order valence-electron chi connectivity index (χ3n) is 3.18. The molecule has 0 unspecified atom stereocenters. The van der Waals surface area contributed by atoms with Crippen molar-refractivity contribution in [1.82, 2.24) is 9.78 Å². The van der Waals surface area contributed by atoms with E-state index < -0.39 is 16.8 Å². The summed E-state index contributed by atoms with van der Waals surface area (Å²) >= 11 is 0. The fraction of sp³-hybridized carbons (Fsp3) is 0.267. The lowest BCUT2D eigenvalue weighted by Crippen LogP contribution is -2.13. The van der Waals surface area contributed by atoms with Gasteiger partial charge in [0.05, 0.1) is 42.3 Å². The summed E-state index contributed by atoms with van der Waals surface area (Å²) in [6, 6.07) is 4.13. The lowest BCUT2D eigenvalue weighted by molar-refractivity contribution is -0.384. The van der Waals surface area contributed by atoms with Gasteiger partial charge in [0, 0.05) is 6.20 Å². The molecule has 0 fully saturated rings. The van der Waals surface area contributed by atoms with E-state index in [1.54, 1.807) is 6.92 Å². The second-order valence-electron chi connectivity index (χ2n) is 4.96. The Kier molecular flexibility index (Phi) is 5.66. The maximum atomic E-state index is 12.2. The zero-order valence-corrected chi connectivity index (χ0v) is 13.3. The van der Waals surface area contributed by atoms with E-state index in [1.165, 1.54) is 35.3 Å². The van der Waals surface area contributed by atoms with E-state index in [4.69, 9.17) is 9.84 Å². The SMILES string of the molecule is CCOc1ccc(NC(=O)c2cnn(CCC(=O)O)c2)c([N+](=O)[O-])c1. The molecule has 2 aromatic rings. The summed E-state index contributed by atoms with van der Waals surface area (Å²) in [6.45, 7) is 2.23. The Morgan fingerprint density at radius 2 is 2.20 bits per heavy atom. The number of carbonyl (C=O) groups is 2. The number of carboxylic acid groups (broad SMARTS) is 1. The lowest BCUT2D eigenvalue weighted by atomic mass is 10.2. The number of aromatic nitrogens is 2. The first-order chi connectivity index (χ1) is 11.9. The maximum absolute atomic E-state index is 12.2. The molecule has 1 aromatic carbocycles. The van der Waals surface area contributed by atoms with Crippen molar-refractivity contribution >= 4 is 23.3 Å². The van der Waals surface area contributed by atoms with Crippen LogP contribution in [-0.4, -0.2) is 38.3 Å². The van der Waals surface area contributed by atoms with Crippen LogP contribution in [0.25, 0.3) is 0 Å². The average molecular weight is 348 g/mol. The van der Waals surface area contributed by atoms with Crippen LogP contribution in [0, 0.1) is 10.1 Å². The van der Waals surface area contributed by atoms with Crippen LogP contribution in [0.1, 0.15) is 23.7 Å². The van der Waals surface area contributed by atoms with Crippen LogP contribution in [0.15, 0.2) is 30.6 Å². The molecular formula is C15H16N4O6. The maximum Gasteiger partial charge on any atom is 0.305 e. The van der Waals surface area contributed by atoms with Crippen LogP contribution in [-0.2, 0) is 11.3 Å². The van der Waals surface area contributed by atoms with Crippen LogP contribution in [0.3, 0.4) is 0 Å². The molecule has 0 atom stereocenters. The summed E-state index contributed by atoms with van der Waals surface area (Å²) in [5.74, 6) is -1.24. The molecule has 0 spiro atoms. The molecule has 10 nitrogen and oxygen atoms in total. The number of nitro benzene ring substituents is 1. The number of nitrogens with zero attached hydrogens (tertiary/aromatic N) is 3. The Bertz CT molecular complexity index is 801. The fourth-order valence-electron chi connectivity index (χ4n) is 2.03. The van der Waals surface area contributed by atoms with E-state index in [9.17, 15) is 19.7 Å². The van der Waals surface area contributed by atoms with Crippen molar-refractivity contribution in [3.05, 3.63) is 46.3 Å². The third kappa shape index (κ3) is 4.77. The first-order valence-electron chi connectivity index (χ1n) is 7.37. The highest BCUT2D eigenvalue weighted by Gasteiger charge is 2.19. The predicted molar refractivity (Wildman–Crippen MR) is 86.7 cm³/mol. The topological polar surface area (TPSA) is 137 Å². The van der Waals surface area contributed by atoms with Crippen LogP contribution in [0.2, 0.25) is 0 Å². The number of anilines is 1. The summed E-state index contributed by atoms with van der Waals surface area (Å²) in [7, 11) is 0. The second kappa shape index (κ2) is 7.90. The monoisotopic (exact) mass is 348 g/mol. The lowest BCUT2D eigenvalue weighted by Gasteiger charge is -2.07. The highest BCUT2D eigenvalue weighted by molar-refractivity contribution is 6.05. The van der Waals surface area contributed by atoms with Crippen molar-refractivity contribution in [2.24, 2.45) is 0 Å². The van der Waals surface area contributed by atoms with Crippen molar-refractivity contribution in [2.45, 2.75) is 19.9 Å². The van der Waals surface area contributed by atoms with E-state index in [2.05, 4.69) is 10.4 Å². The van der Waals surface area contributed by atoms with Crippen molar-refractivity contribution in [1.29, 1.82) is 0 Å². The number of carboxylic acids is 1.